The van der Waals surface area contributed by atoms with Crippen LogP contribution in [0.2, 0.25) is 0 Å². The summed E-state index contributed by atoms with van der Waals surface area (Å²) in [4.78, 5) is 10.2. The summed E-state index contributed by atoms with van der Waals surface area (Å²) in [6, 6.07) is 0. The SMILES string of the molecule is CC(C)(SOOF)C(=O)O.CCO. The van der Waals surface area contributed by atoms with Gasteiger partial charge >= 0.3 is 5.97 Å². The highest BCUT2D eigenvalue weighted by atomic mass is 32.2. The van der Waals surface area contributed by atoms with Crippen LogP contribution in [0.3, 0.4) is 0 Å². The standard InChI is InChI=1S/C4H7FO4S.C2H6O/c1-4(2,3(6)7)10-9-8-5;1-2-3/h1-2H3,(H,6,7);3H,2H2,1H3. The Hall–Kier alpha value is -0.370. The molecular formula is C6H13FO5S. The number of carboxylic acids is 1. The fourth-order valence-electron chi connectivity index (χ4n) is 0.134. The summed E-state index contributed by atoms with van der Waals surface area (Å²) in [5.41, 5.74) is 0. The number of carbonyl (C=O) groups is 1. The molecule has 0 fully saturated rings. The third kappa shape index (κ3) is 9.54. The summed E-state index contributed by atoms with van der Waals surface area (Å²) in [6.07, 6.45) is 0. The fraction of sp³-hybridized carbons (Fsp3) is 0.833. The lowest BCUT2D eigenvalue weighted by Gasteiger charge is -2.13. The van der Waals surface area contributed by atoms with Crippen molar-refractivity contribution in [1.29, 1.82) is 0 Å². The van der Waals surface area contributed by atoms with Crippen molar-refractivity contribution in [2.45, 2.75) is 25.5 Å². The number of aliphatic hydroxyl groups is 1. The summed E-state index contributed by atoms with van der Waals surface area (Å²) in [5.74, 6) is -1.10. The predicted molar refractivity (Wildman–Crippen MR) is 45.3 cm³/mol. The number of aliphatic hydroxyl groups excluding tert-OH is 1. The van der Waals surface area contributed by atoms with Crippen molar-refractivity contribution in [2.75, 3.05) is 6.61 Å². The van der Waals surface area contributed by atoms with Crippen molar-refractivity contribution in [3.8, 4) is 0 Å². The Kier molecular flexibility index (Phi) is 9.58. The van der Waals surface area contributed by atoms with Crippen molar-refractivity contribution < 1.29 is 29.0 Å². The minimum atomic E-state index is -1.20. The summed E-state index contributed by atoms with van der Waals surface area (Å²) < 4.78 is 13.4. The van der Waals surface area contributed by atoms with Crippen molar-refractivity contribution in [3.05, 3.63) is 0 Å². The highest BCUT2D eigenvalue weighted by Gasteiger charge is 2.29. The molecule has 13 heavy (non-hydrogen) atoms. The highest BCUT2D eigenvalue weighted by Crippen LogP contribution is 2.25. The smallest absolute Gasteiger partial charge is 0.321 e. The molecule has 0 aliphatic rings. The molecule has 0 aromatic carbocycles. The van der Waals surface area contributed by atoms with Crippen LogP contribution in [0, 0.1) is 0 Å². The molecule has 0 unspecified atom stereocenters. The van der Waals surface area contributed by atoms with Gasteiger partial charge < -0.3 is 10.2 Å². The third-order valence-electron chi connectivity index (χ3n) is 0.783. The van der Waals surface area contributed by atoms with Crippen LogP contribution in [-0.2, 0) is 14.2 Å². The first-order chi connectivity index (χ1) is 5.92. The number of carboxylic acid groups (broad SMARTS) is 1. The molecular weight excluding hydrogens is 203 g/mol. The lowest BCUT2D eigenvalue weighted by molar-refractivity contribution is -0.359. The summed E-state index contributed by atoms with van der Waals surface area (Å²) in [6.45, 7) is 4.65. The Labute approximate surface area is 79.9 Å². The molecule has 0 aliphatic heterocycles. The molecule has 0 rings (SSSR count). The quantitative estimate of drug-likeness (QED) is 0.419. The maximum atomic E-state index is 10.9. The van der Waals surface area contributed by atoms with Crippen LogP contribution >= 0.6 is 12.0 Å². The molecule has 0 aliphatic carbocycles. The van der Waals surface area contributed by atoms with Gasteiger partial charge in [0.15, 0.2) is 0 Å². The average molecular weight is 216 g/mol. The lowest BCUT2D eigenvalue weighted by atomic mass is 10.2. The molecule has 0 aromatic rings. The van der Waals surface area contributed by atoms with E-state index in [1.54, 1.807) is 6.92 Å². The van der Waals surface area contributed by atoms with E-state index in [4.69, 9.17) is 10.2 Å². The first-order valence-electron chi connectivity index (χ1n) is 3.39. The van der Waals surface area contributed by atoms with E-state index in [1.807, 2.05) is 0 Å². The van der Waals surface area contributed by atoms with E-state index in [1.165, 1.54) is 13.8 Å². The fourth-order valence-corrected chi connectivity index (χ4v) is 0.401. The zero-order valence-electron chi connectivity index (χ0n) is 7.61. The normalized spacial score (nSPS) is 10.2. The third-order valence-corrected chi connectivity index (χ3v) is 1.49. The average Bonchev–Trinajstić information content (AvgIpc) is 2.02. The molecule has 7 heteroatoms. The summed E-state index contributed by atoms with van der Waals surface area (Å²) in [7, 11) is 0. The van der Waals surface area contributed by atoms with Crippen LogP contribution in [0.4, 0.5) is 4.53 Å². The molecule has 2 N–H and O–H groups in total. The van der Waals surface area contributed by atoms with Gasteiger partial charge in [0.05, 0.1) is 12.0 Å². The first kappa shape index (κ1) is 15.1. The minimum absolute atomic E-state index is 0.250. The van der Waals surface area contributed by atoms with Crippen molar-refractivity contribution >= 4 is 18.0 Å². The highest BCUT2D eigenvalue weighted by molar-refractivity contribution is 7.96. The number of hydrogen-bond donors (Lipinski definition) is 2. The molecule has 5 nitrogen and oxygen atoms in total. The second-order valence-electron chi connectivity index (χ2n) is 2.35. The second kappa shape index (κ2) is 8.24. The number of rotatable bonds is 4. The van der Waals surface area contributed by atoms with Gasteiger partial charge in [0, 0.05) is 6.61 Å². The summed E-state index contributed by atoms with van der Waals surface area (Å²) >= 11 is 0.390. The van der Waals surface area contributed by atoms with Gasteiger partial charge in [-0.3, -0.25) is 4.79 Å². The second-order valence-corrected chi connectivity index (χ2v) is 3.67. The van der Waals surface area contributed by atoms with Gasteiger partial charge in [-0.1, -0.05) is 0 Å². The van der Waals surface area contributed by atoms with Crippen molar-refractivity contribution in [1.82, 2.24) is 0 Å². The van der Waals surface area contributed by atoms with E-state index < -0.39 is 10.7 Å². The minimum Gasteiger partial charge on any atom is -0.480 e. The Morgan fingerprint density at radius 2 is 2.00 bits per heavy atom. The maximum Gasteiger partial charge on any atom is 0.321 e. The van der Waals surface area contributed by atoms with Crippen molar-refractivity contribution in [2.24, 2.45) is 0 Å². The zero-order chi connectivity index (χ0) is 10.9. The van der Waals surface area contributed by atoms with Gasteiger partial charge in [-0.15, -0.1) is 4.33 Å². The molecule has 0 heterocycles. The van der Waals surface area contributed by atoms with Gasteiger partial charge in [-0.2, -0.15) is 0 Å². The predicted octanol–water partition coefficient (Wildman–Crippen LogP) is 1.33. The maximum absolute atomic E-state index is 10.9. The van der Waals surface area contributed by atoms with Gasteiger partial charge in [-0.05, 0) is 30.4 Å². The van der Waals surface area contributed by atoms with Gasteiger partial charge in [0.25, 0.3) is 0 Å². The van der Waals surface area contributed by atoms with E-state index in [2.05, 4.69) is 9.43 Å². The topological polar surface area (TPSA) is 76.0 Å². The molecule has 80 valence electrons. The van der Waals surface area contributed by atoms with Crippen LogP contribution < -0.4 is 0 Å². The summed E-state index contributed by atoms with van der Waals surface area (Å²) in [5, 5.41) is 18.7. The molecule has 0 amide bonds. The number of aliphatic carboxylic acids is 1. The van der Waals surface area contributed by atoms with Crippen LogP contribution in [0.1, 0.15) is 20.8 Å². The Morgan fingerprint density at radius 3 is 2.23 bits per heavy atom. The Bertz CT molecular complexity index is 141. The van der Waals surface area contributed by atoms with Crippen LogP contribution in [0.5, 0.6) is 0 Å². The van der Waals surface area contributed by atoms with Gasteiger partial charge in [-0.25, -0.2) is 0 Å². The van der Waals surface area contributed by atoms with Gasteiger partial charge in [0.1, 0.15) is 4.75 Å². The molecule has 0 bridgehead atoms. The molecule has 0 atom stereocenters. The zero-order valence-corrected chi connectivity index (χ0v) is 8.43. The molecule has 0 spiro atoms. The molecule has 0 radical (unpaired) electrons. The largest absolute Gasteiger partial charge is 0.480 e. The molecule has 0 saturated carbocycles. The Balaban J connectivity index is 0. The van der Waals surface area contributed by atoms with E-state index in [0.717, 1.165) is 0 Å². The number of halogens is 1. The van der Waals surface area contributed by atoms with E-state index >= 15 is 0 Å². The first-order valence-corrected chi connectivity index (χ1v) is 4.13. The van der Waals surface area contributed by atoms with Gasteiger partial charge in [0.2, 0.25) is 0 Å². The Morgan fingerprint density at radius 1 is 1.62 bits per heavy atom. The van der Waals surface area contributed by atoms with Crippen LogP contribution in [0.25, 0.3) is 0 Å². The monoisotopic (exact) mass is 216 g/mol. The van der Waals surface area contributed by atoms with Crippen LogP contribution in [-0.4, -0.2) is 27.5 Å². The van der Waals surface area contributed by atoms with E-state index in [-0.39, 0.29) is 6.61 Å². The van der Waals surface area contributed by atoms with E-state index in [0.29, 0.717) is 12.0 Å². The molecule has 0 saturated heterocycles. The van der Waals surface area contributed by atoms with Crippen LogP contribution in [0.15, 0.2) is 0 Å². The van der Waals surface area contributed by atoms with Crippen molar-refractivity contribution in [3.63, 3.8) is 0 Å². The molecule has 0 aromatic heterocycles. The van der Waals surface area contributed by atoms with E-state index in [9.17, 15) is 9.32 Å². The lowest BCUT2D eigenvalue weighted by Crippen LogP contribution is -2.27. The number of hydrogen-bond acceptors (Lipinski definition) is 5.